The van der Waals surface area contributed by atoms with Crippen LogP contribution in [0.1, 0.15) is 61.3 Å². The van der Waals surface area contributed by atoms with Crippen molar-refractivity contribution in [1.82, 2.24) is 15.2 Å². The third kappa shape index (κ3) is 7.90. The van der Waals surface area contributed by atoms with E-state index in [1.807, 2.05) is 12.1 Å². The zero-order valence-electron chi connectivity index (χ0n) is 20.6. The number of piperidine rings is 1. The highest BCUT2D eigenvalue weighted by Gasteiger charge is 2.27. The molecule has 4 heteroatoms. The van der Waals surface area contributed by atoms with Gasteiger partial charge in [-0.15, -0.1) is 0 Å². The molecule has 1 N–H and O–H groups in total. The van der Waals surface area contributed by atoms with E-state index in [1.165, 1.54) is 43.2 Å². The number of aromatic nitrogens is 1. The van der Waals surface area contributed by atoms with Crippen molar-refractivity contribution in [2.24, 2.45) is 5.92 Å². The van der Waals surface area contributed by atoms with Crippen LogP contribution < -0.4 is 5.32 Å². The van der Waals surface area contributed by atoms with Crippen molar-refractivity contribution < 1.29 is 4.79 Å². The molecule has 0 spiro atoms. The van der Waals surface area contributed by atoms with Crippen molar-refractivity contribution >= 4 is 12.0 Å². The van der Waals surface area contributed by atoms with Gasteiger partial charge < -0.3 is 5.32 Å². The van der Waals surface area contributed by atoms with Crippen molar-refractivity contribution in [3.05, 3.63) is 108 Å². The van der Waals surface area contributed by atoms with Crippen LogP contribution in [0, 0.1) is 5.92 Å². The first kappa shape index (κ1) is 24.9. The van der Waals surface area contributed by atoms with Gasteiger partial charge in [0.05, 0.1) is 6.04 Å². The zero-order chi connectivity index (χ0) is 24.1. The Bertz CT molecular complexity index is 989. The molecule has 1 aliphatic rings. The molecule has 35 heavy (non-hydrogen) atoms. The molecule has 4 nitrogen and oxygen atoms in total. The standard InChI is InChI=1S/C31H37N3O/c35-30(18-17-27-12-10-21-32-25-27)33-22-9-3-4-11-26-19-23-34(24-20-26)31(28-13-5-1-6-14-28)29-15-7-2-8-16-29/h1-2,5-8,10,12-18,21,25-26,31H,3-4,9,11,19-20,22-24H2,(H,33,35)/b18-17+. The third-order valence-corrected chi connectivity index (χ3v) is 6.94. The van der Waals surface area contributed by atoms with Gasteiger partial charge in [0, 0.05) is 25.0 Å². The smallest absolute Gasteiger partial charge is 0.243 e. The lowest BCUT2D eigenvalue weighted by Crippen LogP contribution is -2.37. The molecule has 0 atom stereocenters. The van der Waals surface area contributed by atoms with Crippen LogP contribution in [0.5, 0.6) is 0 Å². The summed E-state index contributed by atoms with van der Waals surface area (Å²) in [5.74, 6) is 0.781. The lowest BCUT2D eigenvalue weighted by Gasteiger charge is -2.38. The number of hydrogen-bond donors (Lipinski definition) is 1. The summed E-state index contributed by atoms with van der Waals surface area (Å²) in [4.78, 5) is 18.7. The summed E-state index contributed by atoms with van der Waals surface area (Å²) in [6, 6.07) is 26.0. The molecule has 0 unspecified atom stereocenters. The highest BCUT2D eigenvalue weighted by Crippen LogP contribution is 2.33. The first-order valence-corrected chi connectivity index (χ1v) is 13.0. The van der Waals surface area contributed by atoms with Gasteiger partial charge in [0.1, 0.15) is 0 Å². The Morgan fingerprint density at radius 2 is 1.60 bits per heavy atom. The Kier molecular flexibility index (Phi) is 9.66. The number of likely N-dealkylation sites (tertiary alicyclic amines) is 1. The van der Waals surface area contributed by atoms with E-state index in [4.69, 9.17) is 0 Å². The van der Waals surface area contributed by atoms with E-state index in [2.05, 4.69) is 75.9 Å². The van der Waals surface area contributed by atoms with Gasteiger partial charge in [-0.25, -0.2) is 0 Å². The van der Waals surface area contributed by atoms with Gasteiger partial charge in [-0.05, 0) is 67.1 Å². The van der Waals surface area contributed by atoms with E-state index in [-0.39, 0.29) is 5.91 Å². The molecule has 0 aliphatic carbocycles. The van der Waals surface area contributed by atoms with Crippen LogP contribution in [0.2, 0.25) is 0 Å². The maximum Gasteiger partial charge on any atom is 0.243 e. The fourth-order valence-electron chi connectivity index (χ4n) is 5.04. The van der Waals surface area contributed by atoms with Crippen LogP contribution in [0.15, 0.2) is 91.3 Å². The molecule has 0 radical (unpaired) electrons. The number of amides is 1. The van der Waals surface area contributed by atoms with Gasteiger partial charge in [-0.2, -0.15) is 0 Å². The summed E-state index contributed by atoms with van der Waals surface area (Å²) < 4.78 is 0. The van der Waals surface area contributed by atoms with Crippen LogP contribution >= 0.6 is 0 Å². The SMILES string of the molecule is O=C(/C=C/c1cccnc1)NCCCCCC1CCN(C(c2ccccc2)c2ccccc2)CC1. The molecule has 1 fully saturated rings. The Morgan fingerprint density at radius 1 is 0.914 bits per heavy atom. The molecule has 182 valence electrons. The molecular formula is C31H37N3O. The minimum atomic E-state index is -0.0346. The minimum Gasteiger partial charge on any atom is -0.353 e. The Balaban J connectivity index is 1.14. The number of benzene rings is 2. The molecule has 0 saturated carbocycles. The predicted octanol–water partition coefficient (Wildman–Crippen LogP) is 6.27. The molecule has 2 heterocycles. The summed E-state index contributed by atoms with van der Waals surface area (Å²) in [6.45, 7) is 3.04. The average Bonchev–Trinajstić information content (AvgIpc) is 2.92. The quantitative estimate of drug-likeness (QED) is 0.267. The molecular weight excluding hydrogens is 430 g/mol. The summed E-state index contributed by atoms with van der Waals surface area (Å²) in [5, 5.41) is 2.99. The number of nitrogens with one attached hydrogen (secondary N) is 1. The van der Waals surface area contributed by atoms with Crippen molar-refractivity contribution in [1.29, 1.82) is 0 Å². The van der Waals surface area contributed by atoms with E-state index in [9.17, 15) is 4.79 Å². The topological polar surface area (TPSA) is 45.2 Å². The number of nitrogens with zero attached hydrogens (tertiary/aromatic N) is 2. The van der Waals surface area contributed by atoms with Crippen LogP contribution in [0.4, 0.5) is 0 Å². The van der Waals surface area contributed by atoms with Crippen molar-refractivity contribution in [2.45, 2.75) is 44.6 Å². The number of pyridine rings is 1. The fourth-order valence-corrected chi connectivity index (χ4v) is 5.04. The highest BCUT2D eigenvalue weighted by atomic mass is 16.1. The lowest BCUT2D eigenvalue weighted by molar-refractivity contribution is -0.116. The normalized spacial score (nSPS) is 15.0. The predicted molar refractivity (Wildman–Crippen MR) is 144 cm³/mol. The monoisotopic (exact) mass is 467 g/mol. The average molecular weight is 468 g/mol. The van der Waals surface area contributed by atoms with Gasteiger partial charge in [0.15, 0.2) is 0 Å². The molecule has 2 aromatic carbocycles. The van der Waals surface area contributed by atoms with Gasteiger partial charge in [-0.3, -0.25) is 14.7 Å². The Hall–Kier alpha value is -3.24. The van der Waals surface area contributed by atoms with E-state index in [1.54, 1.807) is 24.5 Å². The van der Waals surface area contributed by atoms with Gasteiger partial charge in [0.25, 0.3) is 0 Å². The second kappa shape index (κ2) is 13.6. The highest BCUT2D eigenvalue weighted by molar-refractivity contribution is 5.91. The van der Waals surface area contributed by atoms with Crippen LogP contribution in [0.3, 0.4) is 0 Å². The second-order valence-electron chi connectivity index (χ2n) is 9.46. The summed E-state index contributed by atoms with van der Waals surface area (Å²) in [6.07, 6.45) is 14.1. The van der Waals surface area contributed by atoms with Gasteiger partial charge >= 0.3 is 0 Å². The van der Waals surface area contributed by atoms with E-state index in [0.29, 0.717) is 6.04 Å². The number of unbranched alkanes of at least 4 members (excludes halogenated alkanes) is 2. The van der Waals surface area contributed by atoms with E-state index < -0.39 is 0 Å². The van der Waals surface area contributed by atoms with Crippen LogP contribution in [0.25, 0.3) is 6.08 Å². The van der Waals surface area contributed by atoms with Crippen molar-refractivity contribution in [2.75, 3.05) is 19.6 Å². The van der Waals surface area contributed by atoms with E-state index >= 15 is 0 Å². The molecule has 3 aromatic rings. The molecule has 4 rings (SSSR count). The minimum absolute atomic E-state index is 0.0346. The van der Waals surface area contributed by atoms with E-state index in [0.717, 1.165) is 37.5 Å². The third-order valence-electron chi connectivity index (χ3n) is 6.94. The molecule has 1 amide bonds. The van der Waals surface area contributed by atoms with Gasteiger partial charge in [0.2, 0.25) is 5.91 Å². The van der Waals surface area contributed by atoms with Crippen molar-refractivity contribution in [3.8, 4) is 0 Å². The molecule has 1 aromatic heterocycles. The first-order valence-electron chi connectivity index (χ1n) is 13.0. The lowest BCUT2D eigenvalue weighted by atomic mass is 9.88. The largest absolute Gasteiger partial charge is 0.353 e. The first-order chi connectivity index (χ1) is 17.3. The maximum atomic E-state index is 12.0. The summed E-state index contributed by atoms with van der Waals surface area (Å²) in [7, 11) is 0. The number of hydrogen-bond acceptors (Lipinski definition) is 3. The molecule has 1 saturated heterocycles. The number of carbonyl (C=O) groups excluding carboxylic acids is 1. The van der Waals surface area contributed by atoms with Crippen LogP contribution in [-0.2, 0) is 4.79 Å². The summed E-state index contributed by atoms with van der Waals surface area (Å²) >= 11 is 0. The zero-order valence-corrected chi connectivity index (χ0v) is 20.6. The Labute approximate surface area is 210 Å². The van der Waals surface area contributed by atoms with Crippen molar-refractivity contribution in [3.63, 3.8) is 0 Å². The van der Waals surface area contributed by atoms with Gasteiger partial charge in [-0.1, -0.05) is 86.0 Å². The summed E-state index contributed by atoms with van der Waals surface area (Å²) in [5.41, 5.74) is 3.71. The molecule has 1 aliphatic heterocycles. The Morgan fingerprint density at radius 3 is 2.23 bits per heavy atom. The number of rotatable bonds is 11. The van der Waals surface area contributed by atoms with Crippen LogP contribution in [-0.4, -0.2) is 35.4 Å². The fraction of sp³-hybridized carbons (Fsp3) is 0.355. The second-order valence-corrected chi connectivity index (χ2v) is 9.46. The number of carbonyl (C=O) groups is 1. The maximum absolute atomic E-state index is 12.0. The molecule has 0 bridgehead atoms.